The van der Waals surface area contributed by atoms with Gasteiger partial charge in [-0.2, -0.15) is 0 Å². The average molecular weight is 905 g/mol. The van der Waals surface area contributed by atoms with Crippen LogP contribution < -0.4 is 0 Å². The molecule has 0 N–H and O–H groups in total. The van der Waals surface area contributed by atoms with Gasteiger partial charge in [-0.3, -0.25) is 14.4 Å². The van der Waals surface area contributed by atoms with Gasteiger partial charge in [-0.1, -0.05) is 202 Å². The van der Waals surface area contributed by atoms with Crippen molar-refractivity contribution in [1.82, 2.24) is 0 Å². The maximum absolute atomic E-state index is 12.8. The van der Waals surface area contributed by atoms with Crippen molar-refractivity contribution in [2.24, 2.45) is 0 Å². The molecule has 0 amide bonds. The lowest BCUT2D eigenvalue weighted by atomic mass is 10.1. The number of esters is 3. The molecule has 0 saturated heterocycles. The lowest BCUT2D eigenvalue weighted by Crippen LogP contribution is -2.30. The first kappa shape index (κ1) is 61.6. The normalized spacial score (nSPS) is 12.7. The van der Waals surface area contributed by atoms with Crippen molar-refractivity contribution >= 4 is 17.9 Å². The Morgan fingerprint density at radius 3 is 1.00 bits per heavy atom. The highest BCUT2D eigenvalue weighted by molar-refractivity contribution is 5.71. The van der Waals surface area contributed by atoms with Crippen molar-refractivity contribution in [2.75, 3.05) is 13.2 Å². The second-order valence-corrected chi connectivity index (χ2v) is 17.7. The van der Waals surface area contributed by atoms with E-state index in [9.17, 15) is 14.4 Å². The zero-order valence-corrected chi connectivity index (χ0v) is 42.5. The lowest BCUT2D eigenvalue weighted by Gasteiger charge is -2.18. The van der Waals surface area contributed by atoms with Crippen molar-refractivity contribution < 1.29 is 28.6 Å². The first-order chi connectivity index (χ1) is 32.0. The van der Waals surface area contributed by atoms with Gasteiger partial charge in [0.05, 0.1) is 0 Å². The molecule has 0 bridgehead atoms. The zero-order chi connectivity index (χ0) is 47.2. The number of carbonyl (C=O) groups is 3. The maximum Gasteiger partial charge on any atom is 0.306 e. The molecule has 0 aliphatic heterocycles. The Labute approximate surface area is 401 Å². The van der Waals surface area contributed by atoms with Gasteiger partial charge >= 0.3 is 17.9 Å². The molecule has 0 heterocycles. The Kier molecular flexibility index (Phi) is 50.4. The molecule has 0 aliphatic carbocycles. The summed E-state index contributed by atoms with van der Waals surface area (Å²) in [5.74, 6) is -0.957. The summed E-state index contributed by atoms with van der Waals surface area (Å²) in [6.45, 7) is 6.45. The first-order valence-electron chi connectivity index (χ1n) is 27.1. The minimum Gasteiger partial charge on any atom is -0.462 e. The van der Waals surface area contributed by atoms with Crippen LogP contribution in [0, 0.1) is 0 Å². The van der Waals surface area contributed by atoms with E-state index < -0.39 is 6.10 Å². The summed E-state index contributed by atoms with van der Waals surface area (Å²) in [6.07, 6.45) is 68.5. The number of allylic oxidation sites excluding steroid dienone is 14. The standard InChI is InChI=1S/C59H100O6/c1-4-7-10-13-16-19-22-25-28-29-30-32-34-37-40-43-46-49-52-58(61)64-55-56(54-63-57(60)51-48-45-42-39-36-33-27-24-21-18-15-12-9-6-3)65-59(62)53-50-47-44-41-38-35-31-26-23-20-17-14-11-8-5-2/h8,11,17,19-20,22,24,26-29,31,38,41,56H,4-7,9-10,12-16,18,21,23,25,30,32-37,39-40,42-55H2,1-3H3/b11-8-,20-17-,22-19-,27-24-,29-28-,31-26-,41-38-. The van der Waals surface area contributed by atoms with Crippen LogP contribution in [-0.2, 0) is 28.6 Å². The molecule has 0 aromatic rings. The summed E-state index contributed by atoms with van der Waals surface area (Å²) >= 11 is 0. The molecular weight excluding hydrogens is 805 g/mol. The highest BCUT2D eigenvalue weighted by Crippen LogP contribution is 2.14. The van der Waals surface area contributed by atoms with Gasteiger partial charge in [-0.25, -0.2) is 0 Å². The molecular formula is C59H100O6. The minimum absolute atomic E-state index is 0.100. The minimum atomic E-state index is -0.805. The van der Waals surface area contributed by atoms with E-state index in [1.165, 1.54) is 109 Å². The summed E-state index contributed by atoms with van der Waals surface area (Å²) in [5.41, 5.74) is 0. The fourth-order valence-corrected chi connectivity index (χ4v) is 7.28. The predicted molar refractivity (Wildman–Crippen MR) is 279 cm³/mol. The molecule has 6 heteroatoms. The number of hydrogen-bond donors (Lipinski definition) is 0. The van der Waals surface area contributed by atoms with Crippen LogP contribution >= 0.6 is 0 Å². The Balaban J connectivity index is 4.46. The molecule has 372 valence electrons. The second kappa shape index (κ2) is 53.2. The van der Waals surface area contributed by atoms with Crippen LogP contribution in [-0.4, -0.2) is 37.2 Å². The fourth-order valence-electron chi connectivity index (χ4n) is 7.28. The Bertz CT molecular complexity index is 1270. The lowest BCUT2D eigenvalue weighted by molar-refractivity contribution is -0.167. The van der Waals surface area contributed by atoms with Crippen molar-refractivity contribution in [3.05, 3.63) is 85.1 Å². The molecule has 0 fully saturated rings. The molecule has 0 aromatic carbocycles. The third kappa shape index (κ3) is 51.4. The van der Waals surface area contributed by atoms with Crippen molar-refractivity contribution in [2.45, 2.75) is 258 Å². The van der Waals surface area contributed by atoms with Crippen molar-refractivity contribution in [3.8, 4) is 0 Å². The van der Waals surface area contributed by atoms with E-state index in [-0.39, 0.29) is 37.5 Å². The van der Waals surface area contributed by atoms with Gasteiger partial charge in [0.15, 0.2) is 6.10 Å². The van der Waals surface area contributed by atoms with E-state index in [1.807, 2.05) is 0 Å². The monoisotopic (exact) mass is 905 g/mol. The summed E-state index contributed by atoms with van der Waals surface area (Å²) < 4.78 is 16.8. The first-order valence-corrected chi connectivity index (χ1v) is 27.1. The van der Waals surface area contributed by atoms with Crippen molar-refractivity contribution in [1.29, 1.82) is 0 Å². The van der Waals surface area contributed by atoms with Crippen LogP contribution in [0.3, 0.4) is 0 Å². The van der Waals surface area contributed by atoms with E-state index in [0.717, 1.165) is 96.3 Å². The summed E-state index contributed by atoms with van der Waals surface area (Å²) in [7, 11) is 0. The summed E-state index contributed by atoms with van der Waals surface area (Å²) in [6, 6.07) is 0. The number of rotatable bonds is 48. The van der Waals surface area contributed by atoms with E-state index in [0.29, 0.717) is 19.3 Å². The Hall–Kier alpha value is -3.41. The molecule has 65 heavy (non-hydrogen) atoms. The quantitative estimate of drug-likeness (QED) is 0.0262. The van der Waals surface area contributed by atoms with Crippen LogP contribution in [0.5, 0.6) is 0 Å². The molecule has 0 aromatic heterocycles. The maximum atomic E-state index is 12.8. The molecule has 0 spiro atoms. The summed E-state index contributed by atoms with van der Waals surface area (Å²) in [5, 5.41) is 0. The highest BCUT2D eigenvalue weighted by Gasteiger charge is 2.19. The van der Waals surface area contributed by atoms with Crippen LogP contribution in [0.4, 0.5) is 0 Å². The van der Waals surface area contributed by atoms with E-state index in [4.69, 9.17) is 14.2 Å². The van der Waals surface area contributed by atoms with E-state index >= 15 is 0 Å². The van der Waals surface area contributed by atoms with Gasteiger partial charge in [0.2, 0.25) is 0 Å². The van der Waals surface area contributed by atoms with Crippen LogP contribution in [0.25, 0.3) is 0 Å². The second-order valence-electron chi connectivity index (χ2n) is 17.7. The topological polar surface area (TPSA) is 78.9 Å². The summed E-state index contributed by atoms with van der Waals surface area (Å²) in [4.78, 5) is 38.0. The van der Waals surface area contributed by atoms with E-state index in [1.54, 1.807) is 0 Å². The third-order valence-electron chi connectivity index (χ3n) is 11.4. The molecule has 0 radical (unpaired) electrons. The SMILES string of the molecule is CC/C=C\C/C=C\C/C=C\C/C=C\CCCCC(=O)OC(COC(=O)CCCCCCC/C=C\CCCCCCC)COC(=O)CCCCCCCCC/C=C\C/C=C\CCCCCC. The van der Waals surface area contributed by atoms with Gasteiger partial charge in [0.25, 0.3) is 0 Å². The Morgan fingerprint density at radius 1 is 0.323 bits per heavy atom. The van der Waals surface area contributed by atoms with Gasteiger partial charge in [0.1, 0.15) is 13.2 Å². The van der Waals surface area contributed by atoms with Crippen LogP contribution in [0.15, 0.2) is 85.1 Å². The number of ether oxygens (including phenoxy) is 3. The van der Waals surface area contributed by atoms with Crippen LogP contribution in [0.1, 0.15) is 252 Å². The molecule has 1 atom stereocenters. The molecule has 1 unspecified atom stereocenters. The molecule has 6 nitrogen and oxygen atoms in total. The fraction of sp³-hybridized carbons (Fsp3) is 0.712. The van der Waals surface area contributed by atoms with E-state index in [2.05, 4.69) is 106 Å². The van der Waals surface area contributed by atoms with Crippen molar-refractivity contribution in [3.63, 3.8) is 0 Å². The number of hydrogen-bond acceptors (Lipinski definition) is 6. The molecule has 0 rings (SSSR count). The highest BCUT2D eigenvalue weighted by atomic mass is 16.6. The average Bonchev–Trinajstić information content (AvgIpc) is 3.30. The third-order valence-corrected chi connectivity index (χ3v) is 11.4. The predicted octanol–water partition coefficient (Wildman–Crippen LogP) is 18.0. The van der Waals surface area contributed by atoms with Gasteiger partial charge in [-0.15, -0.1) is 0 Å². The van der Waals surface area contributed by atoms with Crippen LogP contribution in [0.2, 0.25) is 0 Å². The molecule has 0 aliphatic rings. The zero-order valence-electron chi connectivity index (χ0n) is 42.5. The molecule has 0 saturated carbocycles. The van der Waals surface area contributed by atoms with Gasteiger partial charge in [0, 0.05) is 19.3 Å². The largest absolute Gasteiger partial charge is 0.462 e. The Morgan fingerprint density at radius 2 is 0.600 bits per heavy atom. The number of unbranched alkanes of at least 4 members (excludes halogenated alkanes) is 23. The smallest absolute Gasteiger partial charge is 0.306 e. The van der Waals surface area contributed by atoms with Gasteiger partial charge < -0.3 is 14.2 Å². The number of carbonyl (C=O) groups excluding carboxylic acids is 3. The van der Waals surface area contributed by atoms with Gasteiger partial charge in [-0.05, 0) is 116 Å².